The van der Waals surface area contributed by atoms with E-state index in [-0.39, 0.29) is 29.9 Å². The van der Waals surface area contributed by atoms with Crippen LogP contribution in [0.5, 0.6) is 0 Å². The lowest BCUT2D eigenvalue weighted by Crippen LogP contribution is -2.45. The molecule has 1 aliphatic heterocycles. The van der Waals surface area contributed by atoms with Crippen molar-refractivity contribution in [1.29, 1.82) is 0 Å². The highest BCUT2D eigenvalue weighted by molar-refractivity contribution is 14.0. The molecule has 0 spiro atoms. The third kappa shape index (κ3) is 6.36. The summed E-state index contributed by atoms with van der Waals surface area (Å²) >= 11 is 0. The number of guanidine groups is 1. The van der Waals surface area contributed by atoms with Crippen molar-refractivity contribution in [3.05, 3.63) is 35.4 Å². The largest absolute Gasteiger partial charge is 0.356 e. The van der Waals surface area contributed by atoms with Gasteiger partial charge in [0.1, 0.15) is 0 Å². The van der Waals surface area contributed by atoms with Crippen LogP contribution in [0.1, 0.15) is 38.2 Å². The number of aliphatic imine (C=N–C) groups is 1. The normalized spacial score (nSPS) is 19.4. The Morgan fingerprint density at radius 1 is 1.32 bits per heavy atom. The third-order valence-electron chi connectivity index (χ3n) is 4.72. The molecular weight excluding hydrogens is 437 g/mol. The summed E-state index contributed by atoms with van der Waals surface area (Å²) in [7, 11) is 1.74. The van der Waals surface area contributed by atoms with E-state index in [2.05, 4.69) is 27.4 Å². The Labute approximate surface area is 166 Å². The zero-order chi connectivity index (χ0) is 17.5. The fraction of sp³-hybridized carbons (Fsp3) is 0.611. The van der Waals surface area contributed by atoms with Crippen molar-refractivity contribution in [2.24, 2.45) is 4.99 Å². The van der Waals surface area contributed by atoms with Crippen LogP contribution >= 0.6 is 24.0 Å². The quantitative estimate of drug-likeness (QED) is 0.384. The Morgan fingerprint density at radius 3 is 2.72 bits per heavy atom. The van der Waals surface area contributed by atoms with Crippen molar-refractivity contribution < 1.29 is 8.78 Å². The van der Waals surface area contributed by atoms with Gasteiger partial charge in [-0.25, -0.2) is 8.78 Å². The molecule has 2 atom stereocenters. The molecule has 0 aliphatic carbocycles. The molecule has 1 aromatic rings. The van der Waals surface area contributed by atoms with E-state index >= 15 is 0 Å². The second-order valence-corrected chi connectivity index (χ2v) is 6.33. The van der Waals surface area contributed by atoms with Gasteiger partial charge in [-0.2, -0.15) is 0 Å². The Hall–Kier alpha value is -0.960. The Kier molecular flexibility index (Phi) is 9.63. The topological polar surface area (TPSA) is 39.7 Å². The van der Waals surface area contributed by atoms with Gasteiger partial charge in [-0.15, -0.1) is 24.0 Å². The second kappa shape index (κ2) is 10.9. The van der Waals surface area contributed by atoms with E-state index < -0.39 is 11.6 Å². The van der Waals surface area contributed by atoms with E-state index in [0.717, 1.165) is 24.6 Å². The van der Waals surface area contributed by atoms with Crippen molar-refractivity contribution in [2.75, 3.05) is 33.2 Å². The lowest BCUT2D eigenvalue weighted by molar-refractivity contribution is 0.267. The van der Waals surface area contributed by atoms with Gasteiger partial charge >= 0.3 is 0 Å². The van der Waals surface area contributed by atoms with E-state index in [1.165, 1.54) is 31.5 Å². The lowest BCUT2D eigenvalue weighted by atomic mass is 10.0. The molecule has 1 fully saturated rings. The van der Waals surface area contributed by atoms with Crippen LogP contribution in [0.15, 0.2) is 23.2 Å². The van der Waals surface area contributed by atoms with Crippen LogP contribution in [0.3, 0.4) is 0 Å². The molecular formula is C18H29F2IN4. The van der Waals surface area contributed by atoms with E-state index in [9.17, 15) is 8.78 Å². The third-order valence-corrected chi connectivity index (χ3v) is 4.72. The van der Waals surface area contributed by atoms with Crippen LogP contribution in [0.25, 0.3) is 0 Å². The van der Waals surface area contributed by atoms with Crippen LogP contribution in [0.4, 0.5) is 8.78 Å². The minimum Gasteiger partial charge on any atom is -0.356 e. The molecule has 7 heteroatoms. The molecule has 0 aromatic heterocycles. The van der Waals surface area contributed by atoms with Crippen molar-refractivity contribution in [3.63, 3.8) is 0 Å². The van der Waals surface area contributed by atoms with E-state index in [1.807, 2.05) is 6.92 Å². The van der Waals surface area contributed by atoms with Crippen LogP contribution < -0.4 is 10.6 Å². The number of likely N-dealkylation sites (tertiary alicyclic amines) is 1. The molecule has 2 rings (SSSR count). The van der Waals surface area contributed by atoms with Crippen LogP contribution in [0.2, 0.25) is 0 Å². The minimum absolute atomic E-state index is 0. The number of nitrogens with one attached hydrogen (secondary N) is 2. The number of nitrogens with zero attached hydrogens (tertiary/aromatic N) is 2. The van der Waals surface area contributed by atoms with Gasteiger partial charge in [0.25, 0.3) is 0 Å². The molecule has 2 unspecified atom stereocenters. The number of hydrogen-bond acceptors (Lipinski definition) is 2. The fourth-order valence-corrected chi connectivity index (χ4v) is 3.16. The molecule has 0 saturated carbocycles. The molecule has 1 aromatic carbocycles. The first kappa shape index (κ1) is 22.1. The number of rotatable bonds is 6. The highest BCUT2D eigenvalue weighted by Crippen LogP contribution is 2.17. The van der Waals surface area contributed by atoms with E-state index in [1.54, 1.807) is 13.1 Å². The highest BCUT2D eigenvalue weighted by Gasteiger charge is 2.22. The molecule has 1 saturated heterocycles. The van der Waals surface area contributed by atoms with Crippen LogP contribution in [-0.4, -0.2) is 50.1 Å². The predicted octanol–water partition coefficient (Wildman–Crippen LogP) is 3.34. The molecule has 0 amide bonds. The summed E-state index contributed by atoms with van der Waals surface area (Å²) in [6.07, 6.45) is 2.46. The summed E-state index contributed by atoms with van der Waals surface area (Å²) in [6.45, 7) is 7.88. The Balaban J connectivity index is 0.00000312. The van der Waals surface area contributed by atoms with Crippen molar-refractivity contribution in [3.8, 4) is 0 Å². The fourth-order valence-electron chi connectivity index (χ4n) is 3.16. The molecule has 1 heterocycles. The average Bonchev–Trinajstić information content (AvgIpc) is 3.04. The van der Waals surface area contributed by atoms with Gasteiger partial charge in [-0.05, 0) is 49.5 Å². The number of hydrogen-bond donors (Lipinski definition) is 2. The van der Waals surface area contributed by atoms with Gasteiger partial charge in [0.15, 0.2) is 17.6 Å². The Morgan fingerprint density at radius 2 is 2.08 bits per heavy atom. The van der Waals surface area contributed by atoms with Crippen molar-refractivity contribution >= 4 is 29.9 Å². The zero-order valence-electron chi connectivity index (χ0n) is 15.2. The van der Waals surface area contributed by atoms with Gasteiger partial charge in [0.2, 0.25) is 0 Å². The summed E-state index contributed by atoms with van der Waals surface area (Å²) in [5, 5.41) is 6.63. The summed E-state index contributed by atoms with van der Waals surface area (Å²) in [4.78, 5) is 6.72. The van der Waals surface area contributed by atoms with E-state index in [4.69, 9.17) is 0 Å². The maximum absolute atomic E-state index is 13.3. The number of benzene rings is 1. The zero-order valence-corrected chi connectivity index (χ0v) is 17.5. The second-order valence-electron chi connectivity index (χ2n) is 6.33. The molecule has 0 bridgehead atoms. The molecule has 2 N–H and O–H groups in total. The predicted molar refractivity (Wildman–Crippen MR) is 110 cm³/mol. The monoisotopic (exact) mass is 466 g/mol. The highest BCUT2D eigenvalue weighted by atomic mass is 127. The first-order valence-electron chi connectivity index (χ1n) is 8.68. The van der Waals surface area contributed by atoms with E-state index in [0.29, 0.717) is 12.6 Å². The maximum atomic E-state index is 13.3. The van der Waals surface area contributed by atoms with Gasteiger partial charge < -0.3 is 10.6 Å². The summed E-state index contributed by atoms with van der Waals surface area (Å²) in [6, 6.07) is 4.61. The van der Waals surface area contributed by atoms with Crippen LogP contribution in [0, 0.1) is 11.6 Å². The number of halogens is 3. The summed E-state index contributed by atoms with van der Waals surface area (Å²) < 4.78 is 26.3. The summed E-state index contributed by atoms with van der Waals surface area (Å²) in [5.74, 6) is -0.819. The first-order valence-corrected chi connectivity index (χ1v) is 8.68. The molecule has 4 nitrogen and oxygen atoms in total. The molecule has 25 heavy (non-hydrogen) atoms. The van der Waals surface area contributed by atoms with Gasteiger partial charge in [-0.1, -0.05) is 19.9 Å². The van der Waals surface area contributed by atoms with Gasteiger partial charge in [-0.3, -0.25) is 9.89 Å². The maximum Gasteiger partial charge on any atom is 0.191 e. The lowest BCUT2D eigenvalue weighted by Gasteiger charge is -2.24. The SMILES string of the molecule is CCN1CCCC1CNC(=NC)NCC(C)c1ccc(F)c(F)c1.I. The average molecular weight is 466 g/mol. The molecule has 0 radical (unpaired) electrons. The summed E-state index contributed by atoms with van der Waals surface area (Å²) in [5.41, 5.74) is 0.768. The molecule has 1 aliphatic rings. The smallest absolute Gasteiger partial charge is 0.191 e. The molecule has 142 valence electrons. The van der Waals surface area contributed by atoms with Crippen LogP contribution in [-0.2, 0) is 0 Å². The minimum atomic E-state index is -0.812. The standard InChI is InChI=1S/C18H28F2N4.HI/c1-4-24-9-5-6-15(24)12-23-18(21-3)22-11-13(2)14-7-8-16(19)17(20)10-14;/h7-8,10,13,15H,4-6,9,11-12H2,1-3H3,(H2,21,22,23);1H. The Bertz CT molecular complexity index is 568. The number of likely N-dealkylation sites (N-methyl/N-ethyl adjacent to an activating group) is 1. The van der Waals surface area contributed by atoms with Gasteiger partial charge in [0, 0.05) is 26.2 Å². The van der Waals surface area contributed by atoms with Crippen molar-refractivity contribution in [1.82, 2.24) is 15.5 Å². The van der Waals surface area contributed by atoms with Gasteiger partial charge in [0.05, 0.1) is 0 Å². The first-order chi connectivity index (χ1) is 11.5. The van der Waals surface area contributed by atoms with Crippen molar-refractivity contribution in [2.45, 2.75) is 38.6 Å².